The third-order valence-corrected chi connectivity index (χ3v) is 13.2. The Kier molecular flexibility index (Phi) is 15.6. The number of hydrogen-bond acceptors (Lipinski definition) is 14. The highest BCUT2D eigenvalue weighted by atomic mass is 32.1. The molecule has 71 heavy (non-hydrogen) atoms. The molecule has 4 heterocycles. The molecule has 3 aromatic heterocycles. The molecule has 17 heteroatoms. The maximum absolute atomic E-state index is 14.2. The number of carboxylic acids is 1. The second kappa shape index (κ2) is 22.2. The number of fused-ring (bicyclic) bond motifs is 1. The minimum Gasteiger partial charge on any atom is -0.496 e. The minimum atomic E-state index is -1.51. The first-order chi connectivity index (χ1) is 34.2. The number of aromatic nitrogens is 4. The Hall–Kier alpha value is -7.34. The lowest BCUT2D eigenvalue weighted by molar-refractivity contribution is -0.145. The van der Waals surface area contributed by atoms with E-state index in [2.05, 4.69) is 31.8 Å². The van der Waals surface area contributed by atoms with Crippen LogP contribution in [0.3, 0.4) is 0 Å². The number of benzene rings is 4. The van der Waals surface area contributed by atoms with Gasteiger partial charge < -0.3 is 33.9 Å². The van der Waals surface area contributed by atoms with Gasteiger partial charge in [0.1, 0.15) is 47.0 Å². The molecule has 1 unspecified atom stereocenters. The number of rotatable bonds is 18. The molecule has 1 atom stereocenters. The standard InChI is InChI=1S/C54H56FN7O8S/c1-34-27-36(31-63)11-17-41(34)46-47-50(57-33-58-51(47)71-48(46)37-13-15-39(55)16-14-37)69-45(52(64)65)29-38-28-35(30-62(53(66)70-54(2,3)4)26-25-61-23-21-60(5)22-24-61)12-18-43(38)68-32-40-19-20-56-49(59-40)42-9-7-8-10-44(42)67-6/h7-20,27-28,31,33,45H,21-26,29-30,32H2,1-6H3,(H,64,65). The number of ether oxygens (including phenoxy) is 4. The van der Waals surface area contributed by atoms with Gasteiger partial charge in [0.2, 0.25) is 12.0 Å². The van der Waals surface area contributed by atoms with Crippen molar-refractivity contribution in [2.45, 2.75) is 59.0 Å². The molecular weight excluding hydrogens is 926 g/mol. The first kappa shape index (κ1) is 50.1. The van der Waals surface area contributed by atoms with Crippen LogP contribution in [0.2, 0.25) is 0 Å². The monoisotopic (exact) mass is 981 g/mol. The molecule has 0 aliphatic carbocycles. The van der Waals surface area contributed by atoms with Gasteiger partial charge in [-0.2, -0.15) is 0 Å². The van der Waals surface area contributed by atoms with Gasteiger partial charge in [0.05, 0.1) is 23.8 Å². The summed E-state index contributed by atoms with van der Waals surface area (Å²) in [4.78, 5) is 64.9. The van der Waals surface area contributed by atoms with Gasteiger partial charge in [-0.3, -0.25) is 9.69 Å². The van der Waals surface area contributed by atoms with Gasteiger partial charge in [-0.1, -0.05) is 48.5 Å². The molecule has 15 nitrogen and oxygen atoms in total. The van der Waals surface area contributed by atoms with Crippen LogP contribution in [0.25, 0.3) is 43.2 Å². The molecule has 4 aromatic carbocycles. The predicted octanol–water partition coefficient (Wildman–Crippen LogP) is 9.39. The molecule has 1 amide bonds. The second-order valence-electron chi connectivity index (χ2n) is 18.4. The lowest BCUT2D eigenvalue weighted by atomic mass is 9.95. The number of hydrogen-bond donors (Lipinski definition) is 1. The molecule has 8 rings (SSSR count). The SMILES string of the molecule is COc1ccccc1-c1nccc(COc2ccc(CN(CCN3CCN(C)CC3)C(=O)OC(C)(C)C)cc2CC(Oc2ncnc3sc(-c4ccc(F)cc4)c(-c4ccc(C=O)cc4C)c23)C(=O)O)n1. The average Bonchev–Trinajstić information content (AvgIpc) is 3.75. The molecule has 0 saturated carbocycles. The number of carboxylic acid groups (broad SMARTS) is 1. The smallest absolute Gasteiger partial charge is 0.410 e. The quantitative estimate of drug-likeness (QED) is 0.0807. The van der Waals surface area contributed by atoms with E-state index in [-0.39, 0.29) is 25.5 Å². The van der Waals surface area contributed by atoms with E-state index < -0.39 is 29.6 Å². The fourth-order valence-corrected chi connectivity index (χ4v) is 9.50. The van der Waals surface area contributed by atoms with Crippen molar-refractivity contribution in [2.24, 2.45) is 0 Å². The zero-order chi connectivity index (χ0) is 50.2. The fourth-order valence-electron chi connectivity index (χ4n) is 8.35. The summed E-state index contributed by atoms with van der Waals surface area (Å²) in [5, 5.41) is 11.4. The Balaban J connectivity index is 1.16. The molecule has 1 N–H and O–H groups in total. The molecule has 0 spiro atoms. The van der Waals surface area contributed by atoms with Crippen LogP contribution < -0.4 is 14.2 Å². The van der Waals surface area contributed by atoms with Crippen molar-refractivity contribution in [3.63, 3.8) is 0 Å². The van der Waals surface area contributed by atoms with Gasteiger partial charge in [0, 0.05) is 74.4 Å². The van der Waals surface area contributed by atoms with Gasteiger partial charge in [0.25, 0.3) is 0 Å². The van der Waals surface area contributed by atoms with Gasteiger partial charge in [0.15, 0.2) is 5.82 Å². The molecule has 368 valence electrons. The number of aldehydes is 1. The number of aryl methyl sites for hydroxylation is 1. The van der Waals surface area contributed by atoms with Crippen molar-refractivity contribution in [2.75, 3.05) is 53.4 Å². The van der Waals surface area contributed by atoms with E-state index in [0.717, 1.165) is 48.5 Å². The Labute approximate surface area is 415 Å². The van der Waals surface area contributed by atoms with Crippen LogP contribution >= 0.6 is 11.3 Å². The largest absolute Gasteiger partial charge is 0.496 e. The summed E-state index contributed by atoms with van der Waals surface area (Å²) in [7, 11) is 3.68. The molecule has 7 aromatic rings. The van der Waals surface area contributed by atoms with Crippen molar-refractivity contribution >= 4 is 39.9 Å². The van der Waals surface area contributed by atoms with E-state index >= 15 is 0 Å². The van der Waals surface area contributed by atoms with Crippen molar-refractivity contribution in [3.05, 3.63) is 137 Å². The number of amides is 1. The average molecular weight is 982 g/mol. The van der Waals surface area contributed by atoms with Crippen LogP contribution in [0.5, 0.6) is 17.4 Å². The predicted molar refractivity (Wildman–Crippen MR) is 270 cm³/mol. The summed E-state index contributed by atoms with van der Waals surface area (Å²) >= 11 is 1.33. The second-order valence-corrected chi connectivity index (χ2v) is 19.4. The molecule has 1 saturated heterocycles. The molecule has 1 aliphatic heterocycles. The normalized spacial score (nSPS) is 13.7. The molecule has 1 fully saturated rings. The summed E-state index contributed by atoms with van der Waals surface area (Å²) < 4.78 is 38.7. The summed E-state index contributed by atoms with van der Waals surface area (Å²) in [6.07, 6.45) is 1.55. The van der Waals surface area contributed by atoms with Gasteiger partial charge in [-0.15, -0.1) is 11.3 Å². The summed E-state index contributed by atoms with van der Waals surface area (Å²) in [5.74, 6) is -0.226. The number of carbonyl (C=O) groups is 3. The zero-order valence-corrected chi connectivity index (χ0v) is 41.4. The number of carbonyl (C=O) groups excluding carboxylic acids is 2. The van der Waals surface area contributed by atoms with Crippen molar-refractivity contribution < 1.29 is 42.8 Å². The Bertz CT molecular complexity index is 3030. The van der Waals surface area contributed by atoms with E-state index in [0.29, 0.717) is 79.7 Å². The molecule has 0 radical (unpaired) electrons. The van der Waals surface area contributed by atoms with Crippen LogP contribution in [-0.4, -0.2) is 123 Å². The Morgan fingerprint density at radius 2 is 1.70 bits per heavy atom. The highest BCUT2D eigenvalue weighted by Gasteiger charge is 2.29. The minimum absolute atomic E-state index is 0.00384. The van der Waals surface area contributed by atoms with E-state index in [1.165, 1.54) is 29.8 Å². The Morgan fingerprint density at radius 3 is 2.42 bits per heavy atom. The summed E-state index contributed by atoms with van der Waals surface area (Å²) in [6, 6.07) is 26.0. The third-order valence-electron chi connectivity index (χ3n) is 12.0. The van der Waals surface area contributed by atoms with E-state index in [1.54, 1.807) is 54.6 Å². The van der Waals surface area contributed by atoms with Gasteiger partial charge >= 0.3 is 12.1 Å². The lowest BCUT2D eigenvalue weighted by Crippen LogP contribution is -2.48. The molecule has 0 bridgehead atoms. The number of likely N-dealkylation sites (N-methyl/N-ethyl adjacent to an activating group) is 1. The maximum Gasteiger partial charge on any atom is 0.410 e. The first-order valence-electron chi connectivity index (χ1n) is 23.2. The molecular formula is C54H56FN7O8S. The van der Waals surface area contributed by atoms with Crippen LogP contribution in [0.15, 0.2) is 104 Å². The van der Waals surface area contributed by atoms with Gasteiger partial charge in [-0.05, 0) is 105 Å². The first-order valence-corrected chi connectivity index (χ1v) is 24.1. The zero-order valence-electron chi connectivity index (χ0n) is 40.6. The Morgan fingerprint density at radius 1 is 0.930 bits per heavy atom. The van der Waals surface area contributed by atoms with Gasteiger partial charge in [-0.25, -0.2) is 33.9 Å². The van der Waals surface area contributed by atoms with Crippen molar-refractivity contribution in [3.8, 4) is 50.3 Å². The molecule has 1 aliphatic rings. The van der Waals surface area contributed by atoms with E-state index in [4.69, 9.17) is 23.9 Å². The van der Waals surface area contributed by atoms with Crippen LogP contribution in [0, 0.1) is 12.7 Å². The number of piperazine rings is 1. The van der Waals surface area contributed by atoms with Crippen molar-refractivity contribution in [1.82, 2.24) is 34.6 Å². The highest BCUT2D eigenvalue weighted by Crippen LogP contribution is 2.48. The third kappa shape index (κ3) is 12.3. The lowest BCUT2D eigenvalue weighted by Gasteiger charge is -2.34. The van der Waals surface area contributed by atoms with E-state index in [9.17, 15) is 23.9 Å². The number of halogens is 1. The van der Waals surface area contributed by atoms with Crippen LogP contribution in [-0.2, 0) is 29.1 Å². The summed E-state index contributed by atoms with van der Waals surface area (Å²) in [6.45, 7) is 12.2. The topological polar surface area (TPSA) is 170 Å². The highest BCUT2D eigenvalue weighted by molar-refractivity contribution is 7.22. The van der Waals surface area contributed by atoms with Crippen molar-refractivity contribution in [1.29, 1.82) is 0 Å². The maximum atomic E-state index is 14.2. The number of para-hydroxylation sites is 1. The summed E-state index contributed by atoms with van der Waals surface area (Å²) in [5.41, 5.74) is 5.05. The van der Waals surface area contributed by atoms with E-state index in [1.807, 2.05) is 70.2 Å². The van der Waals surface area contributed by atoms with Crippen LogP contribution in [0.1, 0.15) is 53.5 Å². The van der Waals surface area contributed by atoms with Crippen LogP contribution in [0.4, 0.5) is 9.18 Å². The number of aliphatic carboxylic acids is 1. The fraction of sp³-hybridized carbons (Fsp3) is 0.315. The number of thiophene rings is 1. The number of methoxy groups -OCH3 is 1. The number of nitrogens with zero attached hydrogens (tertiary/aromatic N) is 7.